The van der Waals surface area contributed by atoms with Gasteiger partial charge in [-0.05, 0) is 57.4 Å². The number of ether oxygens (including phenoxy) is 4. The molecule has 3 N–H and O–H groups in total. The quantitative estimate of drug-likeness (QED) is 0.0614. The van der Waals surface area contributed by atoms with Gasteiger partial charge in [0, 0.05) is 30.9 Å². The zero-order valence-electron chi connectivity index (χ0n) is 29.9. The van der Waals surface area contributed by atoms with Crippen LogP contribution in [0.25, 0.3) is 0 Å². The molecular formula is C38H56O11. The zero-order chi connectivity index (χ0) is 36.6. The van der Waals surface area contributed by atoms with E-state index in [2.05, 4.69) is 13.8 Å². The number of aliphatic carboxylic acids is 2. The summed E-state index contributed by atoms with van der Waals surface area (Å²) in [6.45, 7) is 9.56. The SMILES string of the molecule is CCCCCC1(OC(=O)CCC(=O)OC)CCC2(CCC(C)C(CC=C(C)C=CC(O)C(C)C=CC(=O)O)O2)OC1C=CC(C)=CC(=O)O. The number of carboxylic acids is 2. The van der Waals surface area contributed by atoms with Crippen molar-refractivity contribution in [3.63, 3.8) is 0 Å². The Labute approximate surface area is 290 Å². The average Bonchev–Trinajstić information content (AvgIpc) is 3.05. The van der Waals surface area contributed by atoms with Crippen molar-refractivity contribution in [3.8, 4) is 0 Å². The van der Waals surface area contributed by atoms with Crippen LogP contribution >= 0.6 is 0 Å². The Morgan fingerprint density at radius 3 is 2.29 bits per heavy atom. The maximum absolute atomic E-state index is 13.1. The average molecular weight is 689 g/mol. The summed E-state index contributed by atoms with van der Waals surface area (Å²) < 4.78 is 24.5. The van der Waals surface area contributed by atoms with Crippen LogP contribution in [-0.4, -0.2) is 76.0 Å². The summed E-state index contributed by atoms with van der Waals surface area (Å²) in [7, 11) is 1.27. The lowest BCUT2D eigenvalue weighted by Crippen LogP contribution is -2.59. The Morgan fingerprint density at radius 1 is 0.918 bits per heavy atom. The lowest BCUT2D eigenvalue weighted by molar-refractivity contribution is -0.344. The van der Waals surface area contributed by atoms with Gasteiger partial charge in [-0.1, -0.05) is 75.6 Å². The van der Waals surface area contributed by atoms with Gasteiger partial charge in [0.15, 0.2) is 5.79 Å². The van der Waals surface area contributed by atoms with E-state index in [-0.39, 0.29) is 30.8 Å². The van der Waals surface area contributed by atoms with Crippen LogP contribution in [0.4, 0.5) is 0 Å². The number of aliphatic hydroxyl groups excluding tert-OH is 1. The minimum absolute atomic E-state index is 0.101. The molecular weight excluding hydrogens is 632 g/mol. The molecule has 2 rings (SSSR count). The number of hydrogen-bond acceptors (Lipinski definition) is 9. The highest BCUT2D eigenvalue weighted by atomic mass is 16.7. The van der Waals surface area contributed by atoms with Crippen molar-refractivity contribution >= 4 is 23.9 Å². The second-order valence-electron chi connectivity index (χ2n) is 13.4. The van der Waals surface area contributed by atoms with Crippen molar-refractivity contribution in [2.45, 2.75) is 135 Å². The third-order valence-corrected chi connectivity index (χ3v) is 9.25. The Hall–Kier alpha value is -3.54. The van der Waals surface area contributed by atoms with Gasteiger partial charge in [-0.2, -0.15) is 0 Å². The van der Waals surface area contributed by atoms with E-state index in [1.54, 1.807) is 32.1 Å². The fourth-order valence-electron chi connectivity index (χ4n) is 6.10. The van der Waals surface area contributed by atoms with E-state index in [1.807, 2.05) is 19.1 Å². The van der Waals surface area contributed by atoms with Crippen molar-refractivity contribution in [3.05, 3.63) is 59.8 Å². The fraction of sp³-hybridized carbons (Fsp3) is 0.632. The first kappa shape index (κ1) is 41.6. The van der Waals surface area contributed by atoms with Gasteiger partial charge in [0.2, 0.25) is 0 Å². The largest absolute Gasteiger partial charge is 0.478 e. The van der Waals surface area contributed by atoms with Gasteiger partial charge in [0.1, 0.15) is 11.7 Å². The molecule has 0 aromatic rings. The highest BCUT2D eigenvalue weighted by Gasteiger charge is 2.54. The topological polar surface area (TPSA) is 166 Å². The Bertz CT molecular complexity index is 1280. The highest BCUT2D eigenvalue weighted by molar-refractivity contribution is 5.81. The molecule has 0 saturated carbocycles. The summed E-state index contributed by atoms with van der Waals surface area (Å²) in [5, 5.41) is 28.5. The third kappa shape index (κ3) is 14.1. The molecule has 7 atom stereocenters. The molecule has 7 unspecified atom stereocenters. The molecule has 0 aliphatic carbocycles. The lowest BCUT2D eigenvalue weighted by atomic mass is 9.78. The fourth-order valence-corrected chi connectivity index (χ4v) is 6.10. The number of rotatable bonds is 18. The summed E-state index contributed by atoms with van der Waals surface area (Å²) in [6.07, 6.45) is 16.7. The summed E-state index contributed by atoms with van der Waals surface area (Å²) >= 11 is 0. The van der Waals surface area contributed by atoms with Crippen molar-refractivity contribution in [1.82, 2.24) is 0 Å². The second-order valence-corrected chi connectivity index (χ2v) is 13.4. The Balaban J connectivity index is 2.33. The van der Waals surface area contributed by atoms with Crippen molar-refractivity contribution in [2.24, 2.45) is 11.8 Å². The van der Waals surface area contributed by atoms with Crippen molar-refractivity contribution in [1.29, 1.82) is 0 Å². The molecule has 2 heterocycles. The minimum Gasteiger partial charge on any atom is -0.478 e. The molecule has 2 aliphatic rings. The number of esters is 2. The smallest absolute Gasteiger partial charge is 0.328 e. The van der Waals surface area contributed by atoms with E-state index in [0.29, 0.717) is 37.7 Å². The normalized spacial score (nSPS) is 27.9. The molecule has 11 heteroatoms. The van der Waals surface area contributed by atoms with Crippen molar-refractivity contribution < 1.29 is 53.4 Å². The number of carbonyl (C=O) groups excluding carboxylic acids is 2. The van der Waals surface area contributed by atoms with Gasteiger partial charge in [-0.25, -0.2) is 9.59 Å². The number of carbonyl (C=O) groups is 4. The zero-order valence-corrected chi connectivity index (χ0v) is 29.9. The van der Waals surface area contributed by atoms with E-state index in [0.717, 1.165) is 43.4 Å². The van der Waals surface area contributed by atoms with Gasteiger partial charge >= 0.3 is 23.9 Å². The summed E-state index contributed by atoms with van der Waals surface area (Å²) in [6, 6.07) is 0. The standard InChI is InChI=1S/C38H56O11/c1-7-8-9-21-37(49-36(45)19-18-35(44)46-6)23-24-38(48-32(37)16-12-27(3)25-34(42)43)22-20-29(5)31(47-38)15-11-26(2)10-14-30(39)28(4)13-17-33(40)41/h10-14,16-17,25,28-32,39H,7-9,15,18-24H2,1-6H3,(H,40,41)(H,42,43). The van der Waals surface area contributed by atoms with Crippen molar-refractivity contribution in [2.75, 3.05) is 7.11 Å². The maximum Gasteiger partial charge on any atom is 0.328 e. The third-order valence-electron chi connectivity index (χ3n) is 9.25. The van der Waals surface area contributed by atoms with Crippen LogP contribution in [0, 0.1) is 11.8 Å². The molecule has 0 amide bonds. The molecule has 11 nitrogen and oxygen atoms in total. The Morgan fingerprint density at radius 2 is 1.63 bits per heavy atom. The number of carboxylic acid groups (broad SMARTS) is 2. The van der Waals surface area contributed by atoms with E-state index in [1.165, 1.54) is 13.2 Å². The van der Waals surface area contributed by atoms with Gasteiger partial charge in [-0.15, -0.1) is 0 Å². The van der Waals surface area contributed by atoms with Gasteiger partial charge < -0.3 is 34.3 Å². The molecule has 1 spiro atoms. The summed E-state index contributed by atoms with van der Waals surface area (Å²) in [5.74, 6) is -4.24. The predicted molar refractivity (Wildman–Crippen MR) is 184 cm³/mol. The number of aliphatic hydroxyl groups is 1. The minimum atomic E-state index is -1.07. The van der Waals surface area contributed by atoms with E-state index < -0.39 is 47.5 Å². The molecule has 0 aromatic carbocycles. The van der Waals surface area contributed by atoms with Crippen LogP contribution in [0.3, 0.4) is 0 Å². The molecule has 2 fully saturated rings. The van der Waals surface area contributed by atoms with E-state index in [9.17, 15) is 29.4 Å². The first-order valence-corrected chi connectivity index (χ1v) is 17.3. The van der Waals surface area contributed by atoms with Crippen LogP contribution in [0.15, 0.2) is 59.8 Å². The molecule has 49 heavy (non-hydrogen) atoms. The molecule has 2 saturated heterocycles. The molecule has 0 radical (unpaired) electrons. The number of unbranched alkanes of at least 4 members (excludes halogenated alkanes) is 2. The lowest BCUT2D eigenvalue weighted by Gasteiger charge is -2.53. The van der Waals surface area contributed by atoms with Crippen LogP contribution in [0.1, 0.15) is 105 Å². The maximum atomic E-state index is 13.1. The molecule has 2 aliphatic heterocycles. The number of allylic oxidation sites excluding steroid dienone is 4. The highest BCUT2D eigenvalue weighted by Crippen LogP contribution is 2.48. The first-order valence-electron chi connectivity index (χ1n) is 17.3. The second kappa shape index (κ2) is 20.2. The van der Waals surface area contributed by atoms with E-state index >= 15 is 0 Å². The van der Waals surface area contributed by atoms with Crippen LogP contribution in [0.5, 0.6) is 0 Å². The molecule has 274 valence electrons. The van der Waals surface area contributed by atoms with E-state index in [4.69, 9.17) is 24.1 Å². The summed E-state index contributed by atoms with van der Waals surface area (Å²) in [5.41, 5.74) is 0.384. The predicted octanol–water partition coefficient (Wildman–Crippen LogP) is 6.61. The number of hydrogen-bond donors (Lipinski definition) is 3. The van der Waals surface area contributed by atoms with Gasteiger partial charge in [0.25, 0.3) is 0 Å². The molecule has 0 bridgehead atoms. The van der Waals surface area contributed by atoms with Crippen LogP contribution in [0.2, 0.25) is 0 Å². The number of methoxy groups -OCH3 is 1. The monoisotopic (exact) mass is 688 g/mol. The first-order chi connectivity index (χ1) is 23.1. The van der Waals surface area contributed by atoms with Gasteiger partial charge in [-0.3, -0.25) is 9.59 Å². The molecule has 0 aromatic heterocycles. The van der Waals surface area contributed by atoms with Gasteiger partial charge in [0.05, 0.1) is 32.2 Å². The Kier molecular flexibility index (Phi) is 17.2. The van der Waals surface area contributed by atoms with Crippen LogP contribution in [-0.2, 0) is 38.1 Å². The summed E-state index contributed by atoms with van der Waals surface area (Å²) in [4.78, 5) is 47.0. The van der Waals surface area contributed by atoms with Crippen LogP contribution < -0.4 is 0 Å².